The highest BCUT2D eigenvalue weighted by molar-refractivity contribution is 5.35. The molecule has 2 atom stereocenters. The van der Waals surface area contributed by atoms with Gasteiger partial charge >= 0.3 is 0 Å². The van der Waals surface area contributed by atoms with Gasteiger partial charge in [0.1, 0.15) is 5.75 Å². The first-order valence-corrected chi connectivity index (χ1v) is 7.40. The molecule has 0 unspecified atom stereocenters. The molecule has 0 amide bonds. The molecule has 3 nitrogen and oxygen atoms in total. The summed E-state index contributed by atoms with van der Waals surface area (Å²) in [6, 6.07) is 8.29. The zero-order valence-corrected chi connectivity index (χ0v) is 13.5. The van der Waals surface area contributed by atoms with Crippen LogP contribution in [0, 0.1) is 5.92 Å². The lowest BCUT2D eigenvalue weighted by atomic mass is 9.68. The van der Waals surface area contributed by atoms with Gasteiger partial charge in [0, 0.05) is 18.6 Å². The number of benzene rings is 1. The van der Waals surface area contributed by atoms with Crippen LogP contribution in [-0.2, 0) is 5.41 Å². The lowest BCUT2D eigenvalue weighted by molar-refractivity contribution is 0.124. The summed E-state index contributed by atoms with van der Waals surface area (Å²) in [6.45, 7) is 5.47. The van der Waals surface area contributed by atoms with Gasteiger partial charge in [-0.3, -0.25) is 0 Å². The van der Waals surface area contributed by atoms with Crippen molar-refractivity contribution >= 4 is 0 Å². The normalized spacial score (nSPS) is 15.9. The van der Waals surface area contributed by atoms with E-state index in [0.717, 1.165) is 25.1 Å². The Hall–Kier alpha value is -1.06. The van der Waals surface area contributed by atoms with Gasteiger partial charge in [-0.1, -0.05) is 32.4 Å². The van der Waals surface area contributed by atoms with Crippen LogP contribution >= 0.6 is 0 Å². The number of hydrogen-bond acceptors (Lipinski definition) is 3. The van der Waals surface area contributed by atoms with Crippen molar-refractivity contribution in [3.63, 3.8) is 0 Å². The van der Waals surface area contributed by atoms with Crippen molar-refractivity contribution in [2.24, 2.45) is 5.92 Å². The summed E-state index contributed by atoms with van der Waals surface area (Å²) in [5.74, 6) is 1.09. The number of aliphatic hydroxyl groups is 1. The summed E-state index contributed by atoms with van der Waals surface area (Å²) < 4.78 is 5.37. The maximum absolute atomic E-state index is 9.75. The third-order valence-corrected chi connectivity index (χ3v) is 4.16. The summed E-state index contributed by atoms with van der Waals surface area (Å²) in [4.78, 5) is 2.21. The van der Waals surface area contributed by atoms with Crippen LogP contribution in [0.2, 0.25) is 0 Å². The molecule has 20 heavy (non-hydrogen) atoms. The molecule has 0 radical (unpaired) electrons. The number of hydrogen-bond donors (Lipinski definition) is 1. The number of rotatable bonds is 8. The fourth-order valence-corrected chi connectivity index (χ4v) is 3.12. The van der Waals surface area contributed by atoms with Crippen LogP contribution in [0.5, 0.6) is 5.75 Å². The molecular weight excluding hydrogens is 250 g/mol. The van der Waals surface area contributed by atoms with Crippen molar-refractivity contribution in [2.45, 2.75) is 32.1 Å². The molecule has 0 spiro atoms. The van der Waals surface area contributed by atoms with E-state index >= 15 is 0 Å². The first-order chi connectivity index (χ1) is 9.50. The van der Waals surface area contributed by atoms with E-state index in [9.17, 15) is 5.11 Å². The van der Waals surface area contributed by atoms with E-state index in [4.69, 9.17) is 4.74 Å². The Morgan fingerprint density at radius 2 is 2.05 bits per heavy atom. The highest BCUT2D eigenvalue weighted by atomic mass is 16.5. The minimum Gasteiger partial charge on any atom is -0.497 e. The van der Waals surface area contributed by atoms with Crippen LogP contribution in [0.25, 0.3) is 0 Å². The number of methoxy groups -OCH3 is 1. The third-order valence-electron chi connectivity index (χ3n) is 4.16. The summed E-state index contributed by atoms with van der Waals surface area (Å²) in [5, 5.41) is 9.75. The van der Waals surface area contributed by atoms with Gasteiger partial charge in [-0.2, -0.15) is 0 Å². The summed E-state index contributed by atoms with van der Waals surface area (Å²) >= 11 is 0. The van der Waals surface area contributed by atoms with Crippen molar-refractivity contribution in [1.29, 1.82) is 0 Å². The third kappa shape index (κ3) is 3.74. The van der Waals surface area contributed by atoms with Crippen molar-refractivity contribution in [1.82, 2.24) is 4.90 Å². The largest absolute Gasteiger partial charge is 0.497 e. The van der Waals surface area contributed by atoms with E-state index in [1.54, 1.807) is 7.11 Å². The highest BCUT2D eigenvalue weighted by Crippen LogP contribution is 2.38. The second-order valence-corrected chi connectivity index (χ2v) is 5.96. The van der Waals surface area contributed by atoms with E-state index in [2.05, 4.69) is 45.0 Å². The molecule has 0 aliphatic heterocycles. The quantitative estimate of drug-likeness (QED) is 0.794. The van der Waals surface area contributed by atoms with Crippen LogP contribution in [-0.4, -0.2) is 44.4 Å². The van der Waals surface area contributed by atoms with Gasteiger partial charge in [-0.05, 0) is 44.1 Å². The van der Waals surface area contributed by atoms with Crippen molar-refractivity contribution in [3.8, 4) is 5.75 Å². The molecule has 1 aromatic rings. The Balaban J connectivity index is 3.30. The SMILES string of the molecule is CCC[C@](CN(C)C)(c1cccc(OC)c1)[C@H](C)CO. The number of likely N-dealkylation sites (N-methyl/N-ethyl adjacent to an activating group) is 1. The molecular formula is C17H29NO2. The van der Waals surface area contributed by atoms with E-state index in [-0.39, 0.29) is 17.9 Å². The maximum Gasteiger partial charge on any atom is 0.119 e. The first kappa shape index (κ1) is 17.0. The standard InChI is InChI=1S/C17H29NO2/c1-6-10-17(13-18(3)4,14(2)12-19)15-8-7-9-16(11-15)20-5/h7-9,11,14,19H,6,10,12-13H2,1-5H3/t14-,17-/m1/s1. The molecule has 114 valence electrons. The van der Waals surface area contributed by atoms with E-state index in [0.29, 0.717) is 0 Å². The fraction of sp³-hybridized carbons (Fsp3) is 0.647. The zero-order chi connectivity index (χ0) is 15.2. The molecule has 0 saturated carbocycles. The molecule has 3 heteroatoms. The average Bonchev–Trinajstić information content (AvgIpc) is 2.45. The molecule has 1 rings (SSSR count). The number of aliphatic hydroxyl groups excluding tert-OH is 1. The van der Waals surface area contributed by atoms with Crippen LogP contribution in [0.3, 0.4) is 0 Å². The molecule has 1 N–H and O–H groups in total. The first-order valence-electron chi connectivity index (χ1n) is 7.40. The monoisotopic (exact) mass is 279 g/mol. The Morgan fingerprint density at radius 1 is 1.35 bits per heavy atom. The lowest BCUT2D eigenvalue weighted by Crippen LogP contribution is -2.44. The molecule has 1 aromatic carbocycles. The Kier molecular flexibility index (Phi) is 6.50. The van der Waals surface area contributed by atoms with E-state index in [1.165, 1.54) is 5.56 Å². The van der Waals surface area contributed by atoms with E-state index in [1.807, 2.05) is 12.1 Å². The van der Waals surface area contributed by atoms with Crippen molar-refractivity contribution in [2.75, 3.05) is 34.4 Å². The van der Waals surface area contributed by atoms with Gasteiger partial charge in [0.15, 0.2) is 0 Å². The van der Waals surface area contributed by atoms with Gasteiger partial charge in [0.05, 0.1) is 7.11 Å². The Bertz CT molecular complexity index is 406. The minimum atomic E-state index is -0.0401. The molecule has 0 aliphatic carbocycles. The summed E-state index contributed by atoms with van der Waals surface area (Å²) in [5.41, 5.74) is 1.22. The second kappa shape index (κ2) is 7.65. The second-order valence-electron chi connectivity index (χ2n) is 5.96. The lowest BCUT2D eigenvalue weighted by Gasteiger charge is -2.41. The molecule has 0 aromatic heterocycles. The zero-order valence-electron chi connectivity index (χ0n) is 13.5. The van der Waals surface area contributed by atoms with E-state index < -0.39 is 0 Å². The van der Waals surface area contributed by atoms with Gasteiger partial charge < -0.3 is 14.7 Å². The van der Waals surface area contributed by atoms with Crippen LogP contribution < -0.4 is 4.74 Å². The van der Waals surface area contributed by atoms with Crippen LogP contribution in [0.1, 0.15) is 32.3 Å². The average molecular weight is 279 g/mol. The van der Waals surface area contributed by atoms with Crippen molar-refractivity contribution in [3.05, 3.63) is 29.8 Å². The summed E-state index contributed by atoms with van der Waals surface area (Å²) in [7, 11) is 5.88. The topological polar surface area (TPSA) is 32.7 Å². The Labute approximate surface area is 123 Å². The molecule has 0 aliphatic rings. The van der Waals surface area contributed by atoms with Gasteiger partial charge in [-0.15, -0.1) is 0 Å². The van der Waals surface area contributed by atoms with Crippen LogP contribution in [0.15, 0.2) is 24.3 Å². The number of nitrogens with zero attached hydrogens (tertiary/aromatic N) is 1. The highest BCUT2D eigenvalue weighted by Gasteiger charge is 2.37. The van der Waals surface area contributed by atoms with Gasteiger partial charge in [0.2, 0.25) is 0 Å². The predicted octanol–water partition coefficient (Wildman–Crippen LogP) is 2.92. The van der Waals surface area contributed by atoms with Gasteiger partial charge in [-0.25, -0.2) is 0 Å². The van der Waals surface area contributed by atoms with Crippen LogP contribution in [0.4, 0.5) is 0 Å². The molecule has 0 fully saturated rings. The van der Waals surface area contributed by atoms with Crippen molar-refractivity contribution < 1.29 is 9.84 Å². The molecule has 0 bridgehead atoms. The Morgan fingerprint density at radius 3 is 2.55 bits per heavy atom. The summed E-state index contributed by atoms with van der Waals surface area (Å²) in [6.07, 6.45) is 2.15. The minimum absolute atomic E-state index is 0.0401. The smallest absolute Gasteiger partial charge is 0.119 e. The number of ether oxygens (including phenoxy) is 1. The maximum atomic E-state index is 9.75. The molecule has 0 heterocycles. The van der Waals surface area contributed by atoms with Gasteiger partial charge in [0.25, 0.3) is 0 Å². The fourth-order valence-electron chi connectivity index (χ4n) is 3.12. The molecule has 0 saturated heterocycles. The predicted molar refractivity (Wildman–Crippen MR) is 84.4 cm³/mol.